The van der Waals surface area contributed by atoms with Crippen LogP contribution in [0.1, 0.15) is 23.2 Å². The van der Waals surface area contributed by atoms with E-state index in [1.54, 1.807) is 18.2 Å². The zero-order chi connectivity index (χ0) is 18.1. The number of carbonyl (C=O) groups excluding carboxylic acids is 2. The molecule has 0 aliphatic carbocycles. The van der Waals surface area contributed by atoms with Crippen LogP contribution >= 0.6 is 23.4 Å². The molecule has 0 radical (unpaired) electrons. The summed E-state index contributed by atoms with van der Waals surface area (Å²) >= 11 is 7.62. The third-order valence-corrected chi connectivity index (χ3v) is 5.84. The fourth-order valence-electron chi connectivity index (χ4n) is 3.26. The number of hydrogen-bond acceptors (Lipinski definition) is 4. The Kier molecular flexibility index (Phi) is 4.78. The molecule has 0 bridgehead atoms. The molecule has 0 spiro atoms. The van der Waals surface area contributed by atoms with Crippen LogP contribution in [0.15, 0.2) is 41.3 Å². The smallest absolute Gasteiger partial charge is 0.255 e. The van der Waals surface area contributed by atoms with Crippen molar-refractivity contribution in [3.05, 3.63) is 47.0 Å². The van der Waals surface area contributed by atoms with Gasteiger partial charge in [-0.05, 0) is 49.2 Å². The van der Waals surface area contributed by atoms with Gasteiger partial charge in [-0.1, -0.05) is 11.6 Å². The third-order valence-electron chi connectivity index (χ3n) is 4.53. The van der Waals surface area contributed by atoms with Crippen molar-refractivity contribution < 1.29 is 9.59 Å². The zero-order valence-corrected chi connectivity index (χ0v) is 15.6. The Morgan fingerprint density at radius 1 is 1.15 bits per heavy atom. The second kappa shape index (κ2) is 7.21. The highest BCUT2D eigenvalue weighted by atomic mass is 35.5. The number of carbonyl (C=O) groups is 2. The first-order chi connectivity index (χ1) is 12.6. The number of amides is 2. The molecule has 2 aromatic carbocycles. The van der Waals surface area contributed by atoms with Crippen LogP contribution in [0.4, 0.5) is 17.1 Å². The molecule has 7 heteroatoms. The first kappa shape index (κ1) is 17.2. The highest BCUT2D eigenvalue weighted by molar-refractivity contribution is 8.00. The Morgan fingerprint density at radius 3 is 2.77 bits per heavy atom. The number of nitrogens with one attached hydrogen (secondary N) is 2. The van der Waals surface area contributed by atoms with Gasteiger partial charge in [-0.2, -0.15) is 0 Å². The molecule has 0 saturated carbocycles. The van der Waals surface area contributed by atoms with Gasteiger partial charge in [0.15, 0.2) is 0 Å². The number of nitrogens with zero attached hydrogens (tertiary/aromatic N) is 1. The van der Waals surface area contributed by atoms with Gasteiger partial charge in [-0.15, -0.1) is 11.8 Å². The molecule has 1 fully saturated rings. The summed E-state index contributed by atoms with van der Waals surface area (Å²) in [6, 6.07) is 10.9. The summed E-state index contributed by atoms with van der Waals surface area (Å²) in [7, 11) is 0. The predicted octanol–water partition coefficient (Wildman–Crippen LogP) is 4.24. The number of hydrogen-bond donors (Lipinski definition) is 2. The van der Waals surface area contributed by atoms with Gasteiger partial charge < -0.3 is 15.5 Å². The van der Waals surface area contributed by atoms with Crippen molar-refractivity contribution in [1.29, 1.82) is 0 Å². The highest BCUT2D eigenvalue weighted by Crippen LogP contribution is 2.34. The van der Waals surface area contributed by atoms with Crippen molar-refractivity contribution in [1.82, 2.24) is 0 Å². The lowest BCUT2D eigenvalue weighted by Crippen LogP contribution is -2.22. The average Bonchev–Trinajstić information content (AvgIpc) is 3.15. The fourth-order valence-corrected chi connectivity index (χ4v) is 4.22. The molecular formula is C19H18ClN3O2S. The Bertz CT molecular complexity index is 881. The molecule has 5 nitrogen and oxygen atoms in total. The maximum atomic E-state index is 12.8. The van der Waals surface area contributed by atoms with Crippen LogP contribution in [0.2, 0.25) is 5.02 Å². The zero-order valence-electron chi connectivity index (χ0n) is 14.0. The number of benzene rings is 2. The molecule has 2 amide bonds. The molecule has 134 valence electrons. The quantitative estimate of drug-likeness (QED) is 0.827. The van der Waals surface area contributed by atoms with Crippen molar-refractivity contribution in [2.24, 2.45) is 0 Å². The first-order valence-electron chi connectivity index (χ1n) is 8.53. The number of rotatable bonds is 3. The Hall–Kier alpha value is -2.18. The summed E-state index contributed by atoms with van der Waals surface area (Å²) in [6.45, 7) is 1.96. The molecule has 2 heterocycles. The van der Waals surface area contributed by atoms with E-state index in [0.717, 1.165) is 36.5 Å². The maximum Gasteiger partial charge on any atom is 0.255 e. The molecule has 2 aromatic rings. The molecular weight excluding hydrogens is 370 g/mol. The van der Waals surface area contributed by atoms with Crippen LogP contribution in [-0.2, 0) is 4.79 Å². The van der Waals surface area contributed by atoms with E-state index in [0.29, 0.717) is 27.7 Å². The minimum Gasteiger partial charge on any atom is -0.370 e. The fraction of sp³-hybridized carbons (Fsp3) is 0.263. The summed E-state index contributed by atoms with van der Waals surface area (Å²) in [5, 5.41) is 6.37. The molecule has 4 rings (SSSR count). The van der Waals surface area contributed by atoms with Gasteiger partial charge in [0.05, 0.1) is 22.8 Å². The lowest BCUT2D eigenvalue weighted by Gasteiger charge is -2.22. The minimum atomic E-state index is -0.222. The molecule has 0 unspecified atom stereocenters. The van der Waals surface area contributed by atoms with Crippen LogP contribution in [0.3, 0.4) is 0 Å². The van der Waals surface area contributed by atoms with Crippen molar-refractivity contribution in [2.45, 2.75) is 17.7 Å². The van der Waals surface area contributed by atoms with Crippen molar-refractivity contribution in [3.8, 4) is 0 Å². The summed E-state index contributed by atoms with van der Waals surface area (Å²) in [5.41, 5.74) is 2.88. The van der Waals surface area contributed by atoms with E-state index >= 15 is 0 Å². The lowest BCUT2D eigenvalue weighted by molar-refractivity contribution is -0.113. The highest BCUT2D eigenvalue weighted by Gasteiger charge is 2.20. The van der Waals surface area contributed by atoms with Crippen LogP contribution in [0.5, 0.6) is 0 Å². The van der Waals surface area contributed by atoms with Crippen molar-refractivity contribution in [2.75, 3.05) is 34.4 Å². The summed E-state index contributed by atoms with van der Waals surface area (Å²) in [6.07, 6.45) is 2.30. The molecule has 1 saturated heterocycles. The van der Waals surface area contributed by atoms with Crippen molar-refractivity contribution >= 4 is 52.2 Å². The Labute approximate surface area is 161 Å². The van der Waals surface area contributed by atoms with E-state index in [1.165, 1.54) is 11.8 Å². The summed E-state index contributed by atoms with van der Waals surface area (Å²) < 4.78 is 0. The second-order valence-electron chi connectivity index (χ2n) is 6.36. The van der Waals surface area contributed by atoms with Crippen LogP contribution in [0, 0.1) is 0 Å². The number of anilines is 3. The lowest BCUT2D eigenvalue weighted by atomic mass is 10.1. The molecule has 0 aromatic heterocycles. The topological polar surface area (TPSA) is 61.4 Å². The van der Waals surface area contributed by atoms with E-state index in [2.05, 4.69) is 15.5 Å². The summed E-state index contributed by atoms with van der Waals surface area (Å²) in [5.74, 6) is 0.131. The normalized spacial score (nSPS) is 16.2. The van der Waals surface area contributed by atoms with E-state index < -0.39 is 0 Å². The van der Waals surface area contributed by atoms with Gasteiger partial charge in [0, 0.05) is 28.6 Å². The monoisotopic (exact) mass is 387 g/mol. The first-order valence-corrected chi connectivity index (χ1v) is 9.89. The van der Waals surface area contributed by atoms with Gasteiger partial charge in [0.2, 0.25) is 5.91 Å². The number of thioether (sulfide) groups is 1. The van der Waals surface area contributed by atoms with Gasteiger partial charge in [0.1, 0.15) is 0 Å². The van der Waals surface area contributed by atoms with Crippen LogP contribution < -0.4 is 15.5 Å². The number of fused-ring (bicyclic) bond motifs is 1. The predicted molar refractivity (Wildman–Crippen MR) is 107 cm³/mol. The largest absolute Gasteiger partial charge is 0.370 e. The Balaban J connectivity index is 1.59. The third kappa shape index (κ3) is 3.52. The number of halogens is 1. The summed E-state index contributed by atoms with van der Waals surface area (Å²) in [4.78, 5) is 27.6. The van der Waals surface area contributed by atoms with E-state index in [1.807, 2.05) is 18.2 Å². The minimum absolute atomic E-state index is 0.0498. The van der Waals surface area contributed by atoms with Gasteiger partial charge in [0.25, 0.3) is 5.91 Å². The molecule has 26 heavy (non-hydrogen) atoms. The van der Waals surface area contributed by atoms with Crippen LogP contribution in [-0.4, -0.2) is 30.7 Å². The SMILES string of the molecule is O=C1CSc2ccc(C(=O)Nc3cc(Cl)ccc3N3CCCC3)cc2N1. The Morgan fingerprint density at radius 2 is 1.96 bits per heavy atom. The molecule has 2 N–H and O–H groups in total. The van der Waals surface area contributed by atoms with Crippen molar-refractivity contribution in [3.63, 3.8) is 0 Å². The maximum absolute atomic E-state index is 12.8. The molecule has 0 atom stereocenters. The van der Waals surface area contributed by atoms with E-state index in [-0.39, 0.29) is 11.8 Å². The molecule has 2 aliphatic heterocycles. The van der Waals surface area contributed by atoms with Gasteiger partial charge in [-0.3, -0.25) is 9.59 Å². The average molecular weight is 388 g/mol. The van der Waals surface area contributed by atoms with Gasteiger partial charge in [-0.25, -0.2) is 0 Å². The standard InChI is InChI=1S/C19H18ClN3O2S/c20-13-4-5-16(23-7-1-2-8-23)14(10-13)22-19(25)12-3-6-17-15(9-12)21-18(24)11-26-17/h3-6,9-10H,1-2,7-8,11H2,(H,21,24)(H,22,25). The van der Waals surface area contributed by atoms with E-state index in [9.17, 15) is 9.59 Å². The second-order valence-corrected chi connectivity index (χ2v) is 7.81. The van der Waals surface area contributed by atoms with E-state index in [4.69, 9.17) is 11.6 Å². The van der Waals surface area contributed by atoms with Crippen LogP contribution in [0.25, 0.3) is 0 Å². The molecule has 2 aliphatic rings. The van der Waals surface area contributed by atoms with Gasteiger partial charge >= 0.3 is 0 Å².